The Morgan fingerprint density at radius 3 is 2.69 bits per heavy atom. The zero-order valence-corrected chi connectivity index (χ0v) is 7.01. The van der Waals surface area contributed by atoms with Crippen molar-refractivity contribution in [3.8, 4) is 0 Å². The molecule has 0 aliphatic carbocycles. The second-order valence-electron chi connectivity index (χ2n) is 2.75. The van der Waals surface area contributed by atoms with Crippen LogP contribution < -0.4 is 11.1 Å². The van der Waals surface area contributed by atoms with Gasteiger partial charge in [-0.1, -0.05) is 6.08 Å². The minimum absolute atomic E-state index is 0.0356. The summed E-state index contributed by atoms with van der Waals surface area (Å²) in [5, 5.41) is 3.09. The van der Waals surface area contributed by atoms with E-state index >= 15 is 0 Å². The van der Waals surface area contributed by atoms with Crippen molar-refractivity contribution in [2.45, 2.75) is 6.04 Å². The highest BCUT2D eigenvalue weighted by Crippen LogP contribution is 2.12. The lowest BCUT2D eigenvalue weighted by Gasteiger charge is -2.15. The molecule has 0 saturated carbocycles. The van der Waals surface area contributed by atoms with Gasteiger partial charge in [-0.2, -0.15) is 0 Å². The number of aromatic nitrogens is 2. The van der Waals surface area contributed by atoms with E-state index in [9.17, 15) is 0 Å². The smallest absolute Gasteiger partial charge is 0.154 e. The molecule has 0 aromatic carbocycles. The molecule has 2 rings (SSSR count). The molecule has 0 spiro atoms. The summed E-state index contributed by atoms with van der Waals surface area (Å²) < 4.78 is 0. The zero-order valence-electron chi connectivity index (χ0n) is 7.01. The number of hydrogen-bond acceptors (Lipinski definition) is 4. The lowest BCUT2D eigenvalue weighted by Crippen LogP contribution is -2.20. The fraction of sp³-hybridized carbons (Fsp3) is 0.111. The van der Waals surface area contributed by atoms with Crippen molar-refractivity contribution in [3.05, 3.63) is 48.3 Å². The molecular formula is C9H10N4. The Kier molecular flexibility index (Phi) is 1.96. The molecule has 2 heterocycles. The van der Waals surface area contributed by atoms with Gasteiger partial charge in [-0.3, -0.25) is 0 Å². The van der Waals surface area contributed by atoms with Crippen molar-refractivity contribution in [2.24, 2.45) is 5.73 Å². The van der Waals surface area contributed by atoms with E-state index in [2.05, 4.69) is 15.3 Å². The fourth-order valence-corrected chi connectivity index (χ4v) is 1.13. The first-order valence-corrected chi connectivity index (χ1v) is 4.03. The summed E-state index contributed by atoms with van der Waals surface area (Å²) in [6.07, 6.45) is 8.97. The van der Waals surface area contributed by atoms with E-state index in [0.29, 0.717) is 5.70 Å². The maximum atomic E-state index is 5.55. The van der Waals surface area contributed by atoms with Gasteiger partial charge in [0.15, 0.2) is 5.82 Å². The van der Waals surface area contributed by atoms with Gasteiger partial charge in [0.2, 0.25) is 0 Å². The molecule has 4 heteroatoms. The predicted octanol–water partition coefficient (Wildman–Crippen LogP) is 0.477. The van der Waals surface area contributed by atoms with Crippen molar-refractivity contribution in [1.29, 1.82) is 0 Å². The third kappa shape index (κ3) is 1.66. The Bertz CT molecular complexity index is 342. The Balaban J connectivity index is 2.18. The zero-order chi connectivity index (χ0) is 9.10. The van der Waals surface area contributed by atoms with Gasteiger partial charge in [-0.15, -0.1) is 0 Å². The van der Waals surface area contributed by atoms with Crippen LogP contribution in [0, 0.1) is 0 Å². The van der Waals surface area contributed by atoms with Gasteiger partial charge in [0.1, 0.15) is 6.04 Å². The third-order valence-electron chi connectivity index (χ3n) is 1.77. The molecule has 1 aromatic heterocycles. The number of rotatable bonds is 1. The largest absolute Gasteiger partial charge is 0.398 e. The third-order valence-corrected chi connectivity index (χ3v) is 1.77. The standard InChI is InChI=1S/C9H10N4/c10-7-2-3-8(13-6-7)9-11-4-1-5-12-9/h1-6,8,13H,10H2. The molecule has 1 aliphatic rings. The van der Waals surface area contributed by atoms with Gasteiger partial charge in [-0.25, -0.2) is 9.97 Å². The Labute approximate surface area is 76.2 Å². The number of nitrogens with two attached hydrogens (primary N) is 1. The summed E-state index contributed by atoms with van der Waals surface area (Å²) in [4.78, 5) is 8.27. The molecule has 13 heavy (non-hydrogen) atoms. The van der Waals surface area contributed by atoms with E-state index in [0.717, 1.165) is 5.82 Å². The average Bonchev–Trinajstić information content (AvgIpc) is 2.20. The second-order valence-corrected chi connectivity index (χ2v) is 2.75. The van der Waals surface area contributed by atoms with E-state index in [-0.39, 0.29) is 6.04 Å². The van der Waals surface area contributed by atoms with Crippen molar-refractivity contribution >= 4 is 0 Å². The number of nitrogens with zero attached hydrogens (tertiary/aromatic N) is 2. The van der Waals surface area contributed by atoms with Crippen LogP contribution in [0.2, 0.25) is 0 Å². The number of hydrogen-bond donors (Lipinski definition) is 2. The maximum absolute atomic E-state index is 5.55. The number of nitrogens with one attached hydrogen (secondary N) is 1. The van der Waals surface area contributed by atoms with Gasteiger partial charge >= 0.3 is 0 Å². The van der Waals surface area contributed by atoms with Crippen LogP contribution in [0.25, 0.3) is 0 Å². The van der Waals surface area contributed by atoms with Crippen molar-refractivity contribution in [3.63, 3.8) is 0 Å². The highest BCUT2D eigenvalue weighted by molar-refractivity contribution is 5.23. The first kappa shape index (κ1) is 7.79. The first-order valence-electron chi connectivity index (χ1n) is 4.03. The van der Waals surface area contributed by atoms with Crippen LogP contribution in [-0.4, -0.2) is 9.97 Å². The number of allylic oxidation sites excluding steroid dienone is 1. The molecule has 4 nitrogen and oxygen atoms in total. The molecule has 1 aliphatic heterocycles. The molecule has 0 fully saturated rings. The molecule has 0 saturated heterocycles. The van der Waals surface area contributed by atoms with Gasteiger partial charge in [0.05, 0.1) is 0 Å². The summed E-state index contributed by atoms with van der Waals surface area (Å²) in [6, 6.07) is 1.83. The highest BCUT2D eigenvalue weighted by atomic mass is 15.0. The lowest BCUT2D eigenvalue weighted by molar-refractivity contribution is 0.684. The van der Waals surface area contributed by atoms with E-state index < -0.39 is 0 Å². The van der Waals surface area contributed by atoms with E-state index in [4.69, 9.17) is 5.73 Å². The van der Waals surface area contributed by atoms with Crippen LogP contribution in [-0.2, 0) is 0 Å². The van der Waals surface area contributed by atoms with E-state index in [1.54, 1.807) is 24.7 Å². The van der Waals surface area contributed by atoms with Crippen molar-refractivity contribution in [2.75, 3.05) is 0 Å². The monoisotopic (exact) mass is 174 g/mol. The minimum atomic E-state index is 0.0356. The predicted molar refractivity (Wildman–Crippen MR) is 49.3 cm³/mol. The van der Waals surface area contributed by atoms with Crippen LogP contribution in [0.1, 0.15) is 11.9 Å². The number of dihydropyridines is 1. The van der Waals surface area contributed by atoms with Crippen LogP contribution in [0.3, 0.4) is 0 Å². The van der Waals surface area contributed by atoms with E-state index in [1.807, 2.05) is 12.2 Å². The molecule has 0 bridgehead atoms. The van der Waals surface area contributed by atoms with Gasteiger partial charge in [0, 0.05) is 24.3 Å². The molecular weight excluding hydrogens is 164 g/mol. The van der Waals surface area contributed by atoms with Crippen molar-refractivity contribution < 1.29 is 0 Å². The van der Waals surface area contributed by atoms with Gasteiger partial charge in [-0.05, 0) is 12.1 Å². The molecule has 66 valence electrons. The van der Waals surface area contributed by atoms with Crippen LogP contribution >= 0.6 is 0 Å². The molecule has 1 aromatic rings. The molecule has 1 atom stereocenters. The van der Waals surface area contributed by atoms with Gasteiger partial charge in [0.25, 0.3) is 0 Å². The quantitative estimate of drug-likeness (QED) is 0.650. The summed E-state index contributed by atoms with van der Waals surface area (Å²) in [5.74, 6) is 0.752. The van der Waals surface area contributed by atoms with Crippen molar-refractivity contribution in [1.82, 2.24) is 15.3 Å². The highest BCUT2D eigenvalue weighted by Gasteiger charge is 2.10. The molecule has 3 N–H and O–H groups in total. The normalized spacial score (nSPS) is 20.6. The summed E-state index contributed by atoms with van der Waals surface area (Å²) >= 11 is 0. The summed E-state index contributed by atoms with van der Waals surface area (Å²) in [7, 11) is 0. The first-order chi connectivity index (χ1) is 6.36. The lowest BCUT2D eigenvalue weighted by atomic mass is 10.2. The molecule has 0 amide bonds. The van der Waals surface area contributed by atoms with Crippen LogP contribution in [0.15, 0.2) is 42.5 Å². The SMILES string of the molecule is NC1=CNC(c2ncccn2)C=C1. The van der Waals surface area contributed by atoms with Gasteiger partial charge < -0.3 is 11.1 Å². The summed E-state index contributed by atoms with van der Waals surface area (Å²) in [5.41, 5.74) is 6.26. The fourth-order valence-electron chi connectivity index (χ4n) is 1.13. The molecule has 1 unspecified atom stereocenters. The molecule has 0 radical (unpaired) electrons. The second kappa shape index (κ2) is 3.26. The average molecular weight is 174 g/mol. The summed E-state index contributed by atoms with van der Waals surface area (Å²) in [6.45, 7) is 0. The maximum Gasteiger partial charge on any atom is 0.154 e. The topological polar surface area (TPSA) is 63.8 Å². The van der Waals surface area contributed by atoms with E-state index in [1.165, 1.54) is 0 Å². The van der Waals surface area contributed by atoms with Crippen LogP contribution in [0.5, 0.6) is 0 Å². The minimum Gasteiger partial charge on any atom is -0.398 e. The Morgan fingerprint density at radius 2 is 2.08 bits per heavy atom. The Hall–Kier alpha value is -1.84. The Morgan fingerprint density at radius 1 is 1.31 bits per heavy atom. The van der Waals surface area contributed by atoms with Crippen LogP contribution in [0.4, 0.5) is 0 Å².